The first-order chi connectivity index (χ1) is 7.06. The van der Waals surface area contributed by atoms with Gasteiger partial charge in [-0.05, 0) is 6.42 Å². The number of hydrogen-bond acceptors (Lipinski definition) is 3. The first-order valence-corrected chi connectivity index (χ1v) is 5.72. The van der Waals surface area contributed by atoms with Crippen molar-refractivity contribution in [3.8, 4) is 0 Å². The van der Waals surface area contributed by atoms with Crippen molar-refractivity contribution in [3.63, 3.8) is 0 Å². The number of hydrogen-bond donors (Lipinski definition) is 0. The predicted molar refractivity (Wildman–Crippen MR) is 62.3 cm³/mol. The molecule has 0 radical (unpaired) electrons. The first-order valence-electron chi connectivity index (χ1n) is 4.80. The van der Waals surface area contributed by atoms with E-state index in [1.165, 1.54) is 18.3 Å². The van der Waals surface area contributed by atoms with Crippen molar-refractivity contribution >= 4 is 21.6 Å². The molecule has 2 atom stereocenters. The van der Waals surface area contributed by atoms with Crippen LogP contribution in [0.2, 0.25) is 0 Å². The van der Waals surface area contributed by atoms with E-state index in [9.17, 15) is 10.1 Å². The van der Waals surface area contributed by atoms with Crippen molar-refractivity contribution < 1.29 is 4.92 Å². The number of rotatable bonds is 4. The average molecular weight is 273 g/mol. The lowest BCUT2D eigenvalue weighted by atomic mass is 10.0. The maximum atomic E-state index is 10.6. The van der Waals surface area contributed by atoms with Crippen LogP contribution in [0, 0.1) is 10.1 Å². The molecule has 1 rings (SSSR count). The van der Waals surface area contributed by atoms with Gasteiger partial charge in [-0.2, -0.15) is 0 Å². The normalized spacial score (nSPS) is 14.6. The van der Waals surface area contributed by atoms with Gasteiger partial charge in [-0.3, -0.25) is 15.1 Å². The molecule has 0 aromatic carbocycles. The van der Waals surface area contributed by atoms with Crippen LogP contribution >= 0.6 is 15.9 Å². The van der Waals surface area contributed by atoms with E-state index in [-0.39, 0.29) is 11.6 Å². The summed E-state index contributed by atoms with van der Waals surface area (Å²) in [6.45, 7) is 4.07. The topological polar surface area (TPSA) is 56.0 Å². The summed E-state index contributed by atoms with van der Waals surface area (Å²) in [5.74, 6) is 0.176. The van der Waals surface area contributed by atoms with Crippen LogP contribution in [0.1, 0.15) is 31.9 Å². The van der Waals surface area contributed by atoms with Gasteiger partial charge >= 0.3 is 0 Å². The third-order valence-electron chi connectivity index (χ3n) is 2.37. The molecule has 4 nitrogen and oxygen atoms in total. The summed E-state index contributed by atoms with van der Waals surface area (Å²) < 4.78 is 0. The fourth-order valence-electron chi connectivity index (χ4n) is 1.34. The smallest absolute Gasteiger partial charge is 0.260 e. The van der Waals surface area contributed by atoms with Gasteiger partial charge in [-0.1, -0.05) is 29.8 Å². The number of nitro groups is 1. The van der Waals surface area contributed by atoms with Crippen molar-refractivity contribution in [1.82, 2.24) is 4.98 Å². The molecule has 1 heterocycles. The second-order valence-electron chi connectivity index (χ2n) is 3.41. The van der Waals surface area contributed by atoms with E-state index < -0.39 is 4.92 Å². The average Bonchev–Trinajstić information content (AvgIpc) is 2.27. The maximum absolute atomic E-state index is 10.6. The zero-order valence-electron chi connectivity index (χ0n) is 8.68. The first kappa shape index (κ1) is 12.1. The second-order valence-corrected chi connectivity index (χ2v) is 4.59. The van der Waals surface area contributed by atoms with Gasteiger partial charge in [0, 0.05) is 29.1 Å². The summed E-state index contributed by atoms with van der Waals surface area (Å²) in [5.41, 5.74) is 0.857. The van der Waals surface area contributed by atoms with Gasteiger partial charge in [-0.25, -0.2) is 0 Å². The minimum absolute atomic E-state index is 0.0997. The molecule has 0 aliphatic heterocycles. The molecule has 0 aliphatic rings. The fourth-order valence-corrected chi connectivity index (χ4v) is 1.61. The number of alkyl halides is 1. The van der Waals surface area contributed by atoms with Gasteiger partial charge in [0.05, 0.1) is 10.6 Å². The van der Waals surface area contributed by atoms with E-state index in [0.717, 1.165) is 12.1 Å². The molecule has 5 heteroatoms. The SMILES string of the molecule is CCC(Br)C(C)c1cc([N+](=O)[O-])ccn1. The highest BCUT2D eigenvalue weighted by atomic mass is 79.9. The van der Waals surface area contributed by atoms with Crippen molar-refractivity contribution in [3.05, 3.63) is 34.1 Å². The van der Waals surface area contributed by atoms with Crippen LogP contribution in [0.4, 0.5) is 5.69 Å². The molecule has 0 bridgehead atoms. The summed E-state index contributed by atoms with van der Waals surface area (Å²) in [7, 11) is 0. The van der Waals surface area contributed by atoms with Crippen LogP contribution in [0.5, 0.6) is 0 Å². The minimum atomic E-state index is -0.396. The van der Waals surface area contributed by atoms with Crippen LogP contribution in [0.15, 0.2) is 18.3 Å². The van der Waals surface area contributed by atoms with E-state index in [2.05, 4.69) is 27.8 Å². The Labute approximate surface area is 97.0 Å². The Hall–Kier alpha value is -0.970. The Bertz CT molecular complexity index is 357. The van der Waals surface area contributed by atoms with E-state index in [1.54, 1.807) is 0 Å². The Morgan fingerprint density at radius 1 is 1.67 bits per heavy atom. The Balaban J connectivity index is 2.94. The molecule has 1 aromatic heterocycles. The number of halogens is 1. The van der Waals surface area contributed by atoms with Crippen LogP contribution in [0.25, 0.3) is 0 Å². The highest BCUT2D eigenvalue weighted by molar-refractivity contribution is 9.09. The molecule has 0 amide bonds. The molecular formula is C10H13BrN2O2. The summed E-state index contributed by atoms with van der Waals surface area (Å²) in [4.78, 5) is 14.6. The van der Waals surface area contributed by atoms with Crippen LogP contribution < -0.4 is 0 Å². The molecule has 82 valence electrons. The number of nitrogens with zero attached hydrogens (tertiary/aromatic N) is 2. The minimum Gasteiger partial charge on any atom is -0.260 e. The van der Waals surface area contributed by atoms with Gasteiger partial charge in [-0.15, -0.1) is 0 Å². The van der Waals surface area contributed by atoms with Gasteiger partial charge < -0.3 is 0 Å². The highest BCUT2D eigenvalue weighted by Crippen LogP contribution is 2.27. The summed E-state index contributed by atoms with van der Waals surface area (Å²) in [6.07, 6.45) is 2.45. The monoisotopic (exact) mass is 272 g/mol. The molecule has 1 aromatic rings. The van der Waals surface area contributed by atoms with E-state index >= 15 is 0 Å². The Morgan fingerprint density at radius 3 is 2.87 bits per heavy atom. The number of aromatic nitrogens is 1. The molecule has 0 fully saturated rings. The summed E-state index contributed by atoms with van der Waals surface area (Å²) in [6, 6.07) is 2.94. The van der Waals surface area contributed by atoms with Crippen LogP contribution in [0.3, 0.4) is 0 Å². The molecule has 0 aliphatic carbocycles. The van der Waals surface area contributed by atoms with Gasteiger partial charge in [0.15, 0.2) is 0 Å². The Morgan fingerprint density at radius 2 is 2.33 bits per heavy atom. The van der Waals surface area contributed by atoms with Crippen molar-refractivity contribution in [1.29, 1.82) is 0 Å². The van der Waals surface area contributed by atoms with Crippen molar-refractivity contribution in [2.24, 2.45) is 0 Å². The third-order valence-corrected chi connectivity index (χ3v) is 3.82. The fraction of sp³-hybridized carbons (Fsp3) is 0.500. The van der Waals surface area contributed by atoms with E-state index in [4.69, 9.17) is 0 Å². The van der Waals surface area contributed by atoms with Crippen molar-refractivity contribution in [2.75, 3.05) is 0 Å². The molecule has 0 saturated heterocycles. The summed E-state index contributed by atoms with van der Waals surface area (Å²) >= 11 is 3.53. The molecule has 0 saturated carbocycles. The van der Waals surface area contributed by atoms with Crippen molar-refractivity contribution in [2.45, 2.75) is 31.0 Å². The molecular weight excluding hydrogens is 260 g/mol. The summed E-state index contributed by atoms with van der Waals surface area (Å²) in [5, 5.41) is 10.6. The quantitative estimate of drug-likeness (QED) is 0.480. The van der Waals surface area contributed by atoms with Gasteiger partial charge in [0.1, 0.15) is 0 Å². The molecule has 15 heavy (non-hydrogen) atoms. The van der Waals surface area contributed by atoms with Crippen LogP contribution in [-0.4, -0.2) is 14.7 Å². The van der Waals surface area contributed by atoms with Gasteiger partial charge in [0.2, 0.25) is 0 Å². The molecule has 0 N–H and O–H groups in total. The zero-order chi connectivity index (χ0) is 11.4. The lowest BCUT2D eigenvalue weighted by Gasteiger charge is -2.15. The van der Waals surface area contributed by atoms with E-state index in [0.29, 0.717) is 4.83 Å². The second kappa shape index (κ2) is 5.21. The van der Waals surface area contributed by atoms with E-state index in [1.807, 2.05) is 6.92 Å². The zero-order valence-corrected chi connectivity index (χ0v) is 10.3. The van der Waals surface area contributed by atoms with Crippen LogP contribution in [-0.2, 0) is 0 Å². The standard InChI is InChI=1S/C10H13BrN2O2/c1-3-9(11)7(2)10-6-8(13(14)15)4-5-12-10/h4-7,9H,3H2,1-2H3. The lowest BCUT2D eigenvalue weighted by molar-refractivity contribution is -0.385. The maximum Gasteiger partial charge on any atom is 0.272 e. The number of pyridine rings is 1. The Kier molecular flexibility index (Phi) is 4.20. The lowest BCUT2D eigenvalue weighted by Crippen LogP contribution is -2.09. The third kappa shape index (κ3) is 2.99. The predicted octanol–water partition coefficient (Wildman–Crippen LogP) is 3.27. The van der Waals surface area contributed by atoms with Gasteiger partial charge in [0.25, 0.3) is 5.69 Å². The highest BCUT2D eigenvalue weighted by Gasteiger charge is 2.17. The molecule has 0 spiro atoms. The molecule has 2 unspecified atom stereocenters. The largest absolute Gasteiger partial charge is 0.272 e.